The van der Waals surface area contributed by atoms with E-state index in [0.29, 0.717) is 31.0 Å². The van der Waals surface area contributed by atoms with Crippen molar-refractivity contribution < 1.29 is 18.7 Å². The third kappa shape index (κ3) is 4.71. The molecule has 1 fully saturated rings. The summed E-state index contributed by atoms with van der Waals surface area (Å²) >= 11 is 0. The zero-order valence-electron chi connectivity index (χ0n) is 15.4. The largest absolute Gasteiger partial charge is 0.373 e. The number of nitrogens with zero attached hydrogens (tertiary/aromatic N) is 2. The number of rotatable bonds is 5. The Labute approximate surface area is 156 Å². The molecular weight excluding hydrogens is 351 g/mol. The molecule has 1 aromatic carbocycles. The maximum absolute atomic E-state index is 13.4. The van der Waals surface area contributed by atoms with E-state index in [0.717, 1.165) is 5.69 Å². The Hall–Kier alpha value is -2.74. The number of amides is 2. The van der Waals surface area contributed by atoms with Gasteiger partial charge in [-0.25, -0.2) is 4.39 Å². The average molecular weight is 374 g/mol. The van der Waals surface area contributed by atoms with Gasteiger partial charge in [-0.2, -0.15) is 5.10 Å². The minimum absolute atomic E-state index is 0.0804. The number of aromatic nitrogens is 2. The molecule has 27 heavy (non-hydrogen) atoms. The van der Waals surface area contributed by atoms with Crippen LogP contribution in [0.2, 0.25) is 0 Å². The molecule has 2 atom stereocenters. The standard InChI is InChI=1S/C19H23FN4O3/c1-12-8-17(23-22-12)18(25)21-10-16-11-24(6-7-27-16)19(26)13(2)14-4-3-5-15(20)9-14/h3-5,8-9,13,16H,6-7,10-11H2,1-2H3,(H,21,25)(H,22,23). The van der Waals surface area contributed by atoms with Crippen molar-refractivity contribution in [3.63, 3.8) is 0 Å². The van der Waals surface area contributed by atoms with Crippen LogP contribution in [0.3, 0.4) is 0 Å². The van der Waals surface area contributed by atoms with E-state index >= 15 is 0 Å². The summed E-state index contributed by atoms with van der Waals surface area (Å²) in [6.45, 7) is 5.10. The van der Waals surface area contributed by atoms with Gasteiger partial charge in [0.05, 0.1) is 18.6 Å². The molecule has 2 N–H and O–H groups in total. The van der Waals surface area contributed by atoms with Crippen LogP contribution in [0.15, 0.2) is 30.3 Å². The number of ether oxygens (including phenoxy) is 1. The minimum atomic E-state index is -0.443. The van der Waals surface area contributed by atoms with Crippen LogP contribution in [-0.4, -0.2) is 59.3 Å². The van der Waals surface area contributed by atoms with Gasteiger partial charge < -0.3 is 15.0 Å². The van der Waals surface area contributed by atoms with Crippen LogP contribution < -0.4 is 5.32 Å². The fourth-order valence-electron chi connectivity index (χ4n) is 3.07. The van der Waals surface area contributed by atoms with Crippen molar-refractivity contribution in [2.45, 2.75) is 25.9 Å². The zero-order valence-corrected chi connectivity index (χ0v) is 15.4. The number of H-pyrrole nitrogens is 1. The SMILES string of the molecule is Cc1cc(C(=O)NCC2CN(C(=O)C(C)c3cccc(F)c3)CCO2)n[nH]1. The lowest BCUT2D eigenvalue weighted by molar-refractivity contribution is -0.139. The molecule has 3 rings (SSSR count). The number of nitrogens with one attached hydrogen (secondary N) is 2. The van der Waals surface area contributed by atoms with Crippen LogP contribution in [0.4, 0.5) is 4.39 Å². The molecule has 0 aliphatic carbocycles. The van der Waals surface area contributed by atoms with E-state index in [4.69, 9.17) is 4.74 Å². The lowest BCUT2D eigenvalue weighted by Gasteiger charge is -2.34. The Balaban J connectivity index is 1.55. The number of benzene rings is 1. The molecule has 0 spiro atoms. The maximum atomic E-state index is 13.4. The number of aromatic amines is 1. The third-order valence-electron chi connectivity index (χ3n) is 4.60. The first-order valence-electron chi connectivity index (χ1n) is 8.90. The van der Waals surface area contributed by atoms with Crippen LogP contribution in [0.25, 0.3) is 0 Å². The van der Waals surface area contributed by atoms with Crippen molar-refractivity contribution in [3.05, 3.63) is 53.1 Å². The van der Waals surface area contributed by atoms with Gasteiger partial charge in [-0.3, -0.25) is 14.7 Å². The molecule has 0 saturated carbocycles. The first-order valence-corrected chi connectivity index (χ1v) is 8.90. The number of hydrogen-bond donors (Lipinski definition) is 2. The van der Waals surface area contributed by atoms with Gasteiger partial charge in [0.15, 0.2) is 0 Å². The third-order valence-corrected chi connectivity index (χ3v) is 4.60. The topological polar surface area (TPSA) is 87.3 Å². The minimum Gasteiger partial charge on any atom is -0.373 e. The van der Waals surface area contributed by atoms with Crippen molar-refractivity contribution in [1.29, 1.82) is 0 Å². The molecule has 8 heteroatoms. The van der Waals surface area contributed by atoms with Crippen molar-refractivity contribution in [2.75, 3.05) is 26.2 Å². The van der Waals surface area contributed by atoms with Gasteiger partial charge in [0.2, 0.25) is 5.91 Å². The average Bonchev–Trinajstić information content (AvgIpc) is 3.11. The fourth-order valence-corrected chi connectivity index (χ4v) is 3.07. The van der Waals surface area contributed by atoms with Crippen LogP contribution in [0.5, 0.6) is 0 Å². The van der Waals surface area contributed by atoms with E-state index in [1.807, 2.05) is 6.92 Å². The normalized spacial score (nSPS) is 18.2. The molecule has 2 amide bonds. The van der Waals surface area contributed by atoms with Gasteiger partial charge >= 0.3 is 0 Å². The quantitative estimate of drug-likeness (QED) is 0.833. The highest BCUT2D eigenvalue weighted by Crippen LogP contribution is 2.20. The monoisotopic (exact) mass is 374 g/mol. The van der Waals surface area contributed by atoms with E-state index in [1.54, 1.807) is 30.0 Å². The molecule has 2 unspecified atom stereocenters. The molecule has 1 saturated heterocycles. The highest BCUT2D eigenvalue weighted by atomic mass is 19.1. The summed E-state index contributed by atoms with van der Waals surface area (Å²) in [4.78, 5) is 26.5. The Morgan fingerprint density at radius 1 is 1.44 bits per heavy atom. The highest BCUT2D eigenvalue weighted by Gasteiger charge is 2.28. The molecule has 144 valence electrons. The van der Waals surface area contributed by atoms with Crippen molar-refractivity contribution in [2.24, 2.45) is 0 Å². The Kier molecular flexibility index (Phi) is 5.85. The second-order valence-corrected chi connectivity index (χ2v) is 6.70. The second kappa shape index (κ2) is 8.30. The molecule has 1 aliphatic rings. The Morgan fingerprint density at radius 3 is 2.96 bits per heavy atom. The van der Waals surface area contributed by atoms with Crippen LogP contribution in [0.1, 0.15) is 34.6 Å². The summed E-state index contributed by atoms with van der Waals surface area (Å²) in [6, 6.07) is 7.74. The van der Waals surface area contributed by atoms with E-state index in [9.17, 15) is 14.0 Å². The van der Waals surface area contributed by atoms with Crippen molar-refractivity contribution in [3.8, 4) is 0 Å². The predicted molar refractivity (Wildman–Crippen MR) is 96.8 cm³/mol. The molecule has 7 nitrogen and oxygen atoms in total. The zero-order chi connectivity index (χ0) is 19.4. The van der Waals surface area contributed by atoms with Crippen LogP contribution in [-0.2, 0) is 9.53 Å². The number of aryl methyl sites for hydroxylation is 1. The van der Waals surface area contributed by atoms with E-state index in [2.05, 4.69) is 15.5 Å². The number of carbonyl (C=O) groups excluding carboxylic acids is 2. The number of hydrogen-bond acceptors (Lipinski definition) is 4. The van der Waals surface area contributed by atoms with Gasteiger partial charge in [0, 0.05) is 25.3 Å². The van der Waals surface area contributed by atoms with Crippen LogP contribution in [0, 0.1) is 12.7 Å². The smallest absolute Gasteiger partial charge is 0.271 e. The molecule has 1 aliphatic heterocycles. The maximum Gasteiger partial charge on any atom is 0.271 e. The Morgan fingerprint density at radius 2 is 2.26 bits per heavy atom. The van der Waals surface area contributed by atoms with E-state index < -0.39 is 5.92 Å². The van der Waals surface area contributed by atoms with E-state index in [-0.39, 0.29) is 30.3 Å². The number of halogens is 1. The van der Waals surface area contributed by atoms with Crippen molar-refractivity contribution in [1.82, 2.24) is 20.4 Å². The lowest BCUT2D eigenvalue weighted by Crippen LogP contribution is -2.50. The van der Waals surface area contributed by atoms with E-state index in [1.165, 1.54) is 12.1 Å². The van der Waals surface area contributed by atoms with Crippen molar-refractivity contribution >= 4 is 11.8 Å². The van der Waals surface area contributed by atoms with Gasteiger partial charge in [-0.15, -0.1) is 0 Å². The van der Waals surface area contributed by atoms with Gasteiger partial charge in [-0.05, 0) is 37.6 Å². The summed E-state index contributed by atoms with van der Waals surface area (Å²) in [5.41, 5.74) is 1.76. The lowest BCUT2D eigenvalue weighted by atomic mass is 9.99. The van der Waals surface area contributed by atoms with Gasteiger partial charge in [0.1, 0.15) is 11.5 Å². The Bertz CT molecular complexity index is 823. The molecule has 2 heterocycles. The van der Waals surface area contributed by atoms with Gasteiger partial charge in [-0.1, -0.05) is 12.1 Å². The first-order chi connectivity index (χ1) is 12.9. The van der Waals surface area contributed by atoms with Gasteiger partial charge in [0.25, 0.3) is 5.91 Å². The first kappa shape index (κ1) is 19.0. The van der Waals surface area contributed by atoms with Crippen LogP contribution >= 0.6 is 0 Å². The molecule has 0 radical (unpaired) electrons. The summed E-state index contributed by atoms with van der Waals surface area (Å²) < 4.78 is 19.1. The summed E-state index contributed by atoms with van der Waals surface area (Å²) in [7, 11) is 0. The predicted octanol–water partition coefficient (Wildman–Crippen LogP) is 1.62. The number of morpholine rings is 1. The number of carbonyl (C=O) groups is 2. The summed E-state index contributed by atoms with van der Waals surface area (Å²) in [5.74, 6) is -1.17. The fraction of sp³-hybridized carbons (Fsp3) is 0.421. The molecule has 2 aromatic rings. The second-order valence-electron chi connectivity index (χ2n) is 6.70. The molecule has 0 bridgehead atoms. The summed E-state index contributed by atoms with van der Waals surface area (Å²) in [6.07, 6.45) is -0.300. The summed E-state index contributed by atoms with van der Waals surface area (Å²) in [5, 5.41) is 9.41. The molecular formula is C19H23FN4O3. The highest BCUT2D eigenvalue weighted by molar-refractivity contribution is 5.92. The molecule has 1 aromatic heterocycles.